The molecule has 0 heterocycles. The summed E-state index contributed by atoms with van der Waals surface area (Å²) in [4.78, 5) is 12.5. The highest BCUT2D eigenvalue weighted by Gasteiger charge is 2.32. The number of hydrogen-bond donors (Lipinski definition) is 0. The quantitative estimate of drug-likeness (QED) is 0.704. The highest BCUT2D eigenvalue weighted by Crippen LogP contribution is 2.28. The molecule has 0 bridgehead atoms. The predicted octanol–water partition coefficient (Wildman–Crippen LogP) is 3.62. The summed E-state index contributed by atoms with van der Waals surface area (Å²) in [6.45, 7) is 6.28. The van der Waals surface area contributed by atoms with Crippen LogP contribution in [0.25, 0.3) is 0 Å². The van der Waals surface area contributed by atoms with Gasteiger partial charge in [0.15, 0.2) is 5.78 Å². The Morgan fingerprint density at radius 2 is 1.89 bits per heavy atom. The van der Waals surface area contributed by atoms with Gasteiger partial charge in [0.1, 0.15) is 11.4 Å². The maximum absolute atomic E-state index is 12.5. The first-order valence-electron chi connectivity index (χ1n) is 7.04. The molecule has 0 spiro atoms. The van der Waals surface area contributed by atoms with Crippen molar-refractivity contribution in [1.29, 1.82) is 0 Å². The highest BCUT2D eigenvalue weighted by atomic mass is 16.5. The third kappa shape index (κ3) is 3.35. The fourth-order valence-corrected chi connectivity index (χ4v) is 2.02. The van der Waals surface area contributed by atoms with E-state index < -0.39 is 5.60 Å². The van der Waals surface area contributed by atoms with E-state index in [0.717, 1.165) is 18.6 Å². The van der Waals surface area contributed by atoms with Crippen molar-refractivity contribution in [2.75, 3.05) is 6.61 Å². The standard InChI is InChI=1S/C16H22O3/c1-4-16(3,18-5-2)15(17)12-6-8-13(9-7-12)19-14-10-11-14/h6-9,14H,4-5,10-11H2,1-3H3. The Morgan fingerprint density at radius 1 is 1.26 bits per heavy atom. The van der Waals surface area contributed by atoms with Gasteiger partial charge in [-0.1, -0.05) is 6.92 Å². The summed E-state index contributed by atoms with van der Waals surface area (Å²) in [7, 11) is 0. The minimum atomic E-state index is -0.729. The van der Waals surface area contributed by atoms with Crippen LogP contribution in [0.1, 0.15) is 50.4 Å². The summed E-state index contributed by atoms with van der Waals surface area (Å²) in [5, 5.41) is 0. The zero-order valence-corrected chi connectivity index (χ0v) is 11.9. The van der Waals surface area contributed by atoms with Gasteiger partial charge in [0, 0.05) is 12.2 Å². The molecule has 1 atom stereocenters. The maximum atomic E-state index is 12.5. The zero-order chi connectivity index (χ0) is 13.9. The van der Waals surface area contributed by atoms with E-state index >= 15 is 0 Å². The Labute approximate surface area is 114 Å². The first kappa shape index (κ1) is 14.1. The van der Waals surface area contributed by atoms with Crippen molar-refractivity contribution in [3.63, 3.8) is 0 Å². The van der Waals surface area contributed by atoms with E-state index in [1.54, 1.807) is 0 Å². The minimum absolute atomic E-state index is 0.0369. The van der Waals surface area contributed by atoms with Crippen LogP contribution < -0.4 is 4.74 Å². The fourth-order valence-electron chi connectivity index (χ4n) is 2.02. The molecular weight excluding hydrogens is 240 g/mol. The fraction of sp³-hybridized carbons (Fsp3) is 0.562. The molecule has 0 N–H and O–H groups in total. The molecule has 0 saturated heterocycles. The summed E-state index contributed by atoms with van der Waals surface area (Å²) in [5.41, 5.74) is -0.0471. The lowest BCUT2D eigenvalue weighted by molar-refractivity contribution is -0.0116. The average Bonchev–Trinajstić information content (AvgIpc) is 3.23. The van der Waals surface area contributed by atoms with Crippen LogP contribution in [0.3, 0.4) is 0 Å². The number of benzene rings is 1. The monoisotopic (exact) mass is 262 g/mol. The van der Waals surface area contributed by atoms with Gasteiger partial charge in [0.2, 0.25) is 0 Å². The van der Waals surface area contributed by atoms with Crippen LogP contribution in [0.15, 0.2) is 24.3 Å². The smallest absolute Gasteiger partial charge is 0.194 e. The van der Waals surface area contributed by atoms with Crippen molar-refractivity contribution in [2.24, 2.45) is 0 Å². The van der Waals surface area contributed by atoms with Gasteiger partial charge >= 0.3 is 0 Å². The Morgan fingerprint density at radius 3 is 2.37 bits per heavy atom. The van der Waals surface area contributed by atoms with Gasteiger partial charge in [-0.2, -0.15) is 0 Å². The molecule has 3 nitrogen and oxygen atoms in total. The van der Waals surface area contributed by atoms with Crippen molar-refractivity contribution in [3.05, 3.63) is 29.8 Å². The number of carbonyl (C=O) groups is 1. The largest absolute Gasteiger partial charge is 0.490 e. The normalized spacial score (nSPS) is 17.8. The van der Waals surface area contributed by atoms with Crippen LogP contribution >= 0.6 is 0 Å². The molecule has 1 aliphatic carbocycles. The molecule has 1 aromatic rings. The number of Topliss-reactive ketones (excluding diaryl/α,β-unsaturated/α-hetero) is 1. The maximum Gasteiger partial charge on any atom is 0.194 e. The summed E-state index contributed by atoms with van der Waals surface area (Å²) in [5.74, 6) is 0.878. The van der Waals surface area contributed by atoms with Gasteiger partial charge in [-0.15, -0.1) is 0 Å². The van der Waals surface area contributed by atoms with Gasteiger partial charge in [-0.25, -0.2) is 0 Å². The van der Waals surface area contributed by atoms with E-state index in [9.17, 15) is 4.79 Å². The van der Waals surface area contributed by atoms with E-state index in [-0.39, 0.29) is 5.78 Å². The predicted molar refractivity (Wildman–Crippen MR) is 74.7 cm³/mol. The van der Waals surface area contributed by atoms with Crippen molar-refractivity contribution in [2.45, 2.75) is 51.7 Å². The molecule has 2 rings (SSSR count). The number of ketones is 1. The molecule has 19 heavy (non-hydrogen) atoms. The summed E-state index contributed by atoms with van der Waals surface area (Å²) >= 11 is 0. The Bertz CT molecular complexity index is 434. The molecule has 1 aromatic carbocycles. The molecule has 0 amide bonds. The van der Waals surface area contributed by atoms with E-state index in [4.69, 9.17) is 9.47 Å². The summed E-state index contributed by atoms with van der Waals surface area (Å²) in [6.07, 6.45) is 3.32. The Hall–Kier alpha value is -1.35. The van der Waals surface area contributed by atoms with Crippen molar-refractivity contribution < 1.29 is 14.3 Å². The van der Waals surface area contributed by atoms with E-state index in [1.807, 2.05) is 45.0 Å². The lowest BCUT2D eigenvalue weighted by atomic mass is 9.92. The van der Waals surface area contributed by atoms with Gasteiger partial charge < -0.3 is 9.47 Å². The molecule has 3 heteroatoms. The van der Waals surface area contributed by atoms with Gasteiger partial charge in [-0.05, 0) is 57.4 Å². The van der Waals surface area contributed by atoms with Crippen molar-refractivity contribution in [1.82, 2.24) is 0 Å². The SMILES string of the molecule is CCOC(C)(CC)C(=O)c1ccc(OC2CC2)cc1. The van der Waals surface area contributed by atoms with Crippen LogP contribution in [-0.4, -0.2) is 24.1 Å². The molecule has 1 saturated carbocycles. The van der Waals surface area contributed by atoms with Crippen LogP contribution in [0.4, 0.5) is 0 Å². The first-order valence-corrected chi connectivity index (χ1v) is 7.04. The van der Waals surface area contributed by atoms with Crippen molar-refractivity contribution in [3.8, 4) is 5.75 Å². The molecule has 104 valence electrons. The van der Waals surface area contributed by atoms with Gasteiger partial charge in [0.05, 0.1) is 6.10 Å². The molecule has 1 aliphatic rings. The second kappa shape index (κ2) is 5.74. The van der Waals surface area contributed by atoms with Crippen LogP contribution in [0, 0.1) is 0 Å². The van der Waals surface area contributed by atoms with Gasteiger partial charge in [0.25, 0.3) is 0 Å². The Balaban J connectivity index is 2.09. The third-order valence-electron chi connectivity index (χ3n) is 3.56. The topological polar surface area (TPSA) is 35.5 Å². The summed E-state index contributed by atoms with van der Waals surface area (Å²) in [6, 6.07) is 7.39. The first-order chi connectivity index (χ1) is 9.09. The van der Waals surface area contributed by atoms with Crippen LogP contribution in [-0.2, 0) is 4.74 Å². The van der Waals surface area contributed by atoms with Crippen LogP contribution in [0.2, 0.25) is 0 Å². The third-order valence-corrected chi connectivity index (χ3v) is 3.56. The number of ether oxygens (including phenoxy) is 2. The minimum Gasteiger partial charge on any atom is -0.490 e. The lowest BCUT2D eigenvalue weighted by Crippen LogP contribution is -2.37. The second-order valence-electron chi connectivity index (χ2n) is 5.19. The number of rotatable bonds is 7. The molecule has 1 unspecified atom stereocenters. The van der Waals surface area contributed by atoms with Crippen molar-refractivity contribution >= 4 is 5.78 Å². The molecule has 0 radical (unpaired) electrons. The second-order valence-corrected chi connectivity index (χ2v) is 5.19. The van der Waals surface area contributed by atoms with Gasteiger partial charge in [-0.3, -0.25) is 4.79 Å². The summed E-state index contributed by atoms with van der Waals surface area (Å²) < 4.78 is 11.3. The molecule has 1 fully saturated rings. The van der Waals surface area contributed by atoms with Crippen LogP contribution in [0.5, 0.6) is 5.75 Å². The molecular formula is C16H22O3. The van der Waals surface area contributed by atoms with E-state index in [2.05, 4.69) is 0 Å². The van der Waals surface area contributed by atoms with E-state index in [0.29, 0.717) is 24.7 Å². The number of carbonyl (C=O) groups excluding carboxylic acids is 1. The zero-order valence-electron chi connectivity index (χ0n) is 11.9. The Kier molecular flexibility index (Phi) is 4.25. The average molecular weight is 262 g/mol. The number of hydrogen-bond acceptors (Lipinski definition) is 3. The van der Waals surface area contributed by atoms with E-state index in [1.165, 1.54) is 0 Å². The lowest BCUT2D eigenvalue weighted by Gasteiger charge is -2.26. The molecule has 0 aromatic heterocycles. The highest BCUT2D eigenvalue weighted by molar-refractivity contribution is 6.02. The molecule has 0 aliphatic heterocycles.